The first-order valence-corrected chi connectivity index (χ1v) is 11.3. The second-order valence-corrected chi connectivity index (χ2v) is 8.22. The average Bonchev–Trinajstić information content (AvgIpc) is 2.74. The molecule has 0 aliphatic rings. The van der Waals surface area contributed by atoms with Crippen LogP contribution in [0.4, 0.5) is 0 Å². The van der Waals surface area contributed by atoms with Gasteiger partial charge in [0, 0.05) is 18.1 Å². The van der Waals surface area contributed by atoms with E-state index in [2.05, 4.69) is 12.2 Å². The molecule has 1 N–H and O–H groups in total. The lowest BCUT2D eigenvalue weighted by molar-refractivity contribution is -0.143. The fourth-order valence-corrected chi connectivity index (χ4v) is 3.67. The van der Waals surface area contributed by atoms with Crippen LogP contribution in [0.2, 0.25) is 10.0 Å². The molecule has 0 aromatic heterocycles. The first-order valence-electron chi connectivity index (χ1n) is 10.6. The van der Waals surface area contributed by atoms with Crippen LogP contribution in [0.1, 0.15) is 44.2 Å². The van der Waals surface area contributed by atoms with E-state index in [0.29, 0.717) is 35.3 Å². The Morgan fingerprint density at radius 3 is 2.52 bits per heavy atom. The van der Waals surface area contributed by atoms with Gasteiger partial charge in [-0.2, -0.15) is 0 Å². The Bertz CT molecular complexity index is 889. The number of rotatable bonds is 11. The van der Waals surface area contributed by atoms with E-state index in [1.54, 1.807) is 23.1 Å². The molecule has 2 aromatic carbocycles. The maximum absolute atomic E-state index is 13.2. The molecule has 0 saturated carbocycles. The molecular formula is C24H30Cl2N2O3. The maximum Gasteiger partial charge on any atom is 0.261 e. The lowest BCUT2D eigenvalue weighted by Crippen LogP contribution is -2.50. The van der Waals surface area contributed by atoms with E-state index >= 15 is 0 Å². The van der Waals surface area contributed by atoms with E-state index in [0.717, 1.165) is 24.0 Å². The van der Waals surface area contributed by atoms with Crippen molar-refractivity contribution in [2.45, 2.75) is 52.6 Å². The molecule has 0 aliphatic carbocycles. The minimum Gasteiger partial charge on any atom is -0.482 e. The molecular weight excluding hydrogens is 435 g/mol. The molecule has 2 amide bonds. The third kappa shape index (κ3) is 7.44. The normalized spacial score (nSPS) is 11.6. The van der Waals surface area contributed by atoms with Gasteiger partial charge in [0.1, 0.15) is 11.8 Å². The van der Waals surface area contributed by atoms with E-state index < -0.39 is 6.04 Å². The van der Waals surface area contributed by atoms with Crippen LogP contribution in [-0.4, -0.2) is 35.9 Å². The summed E-state index contributed by atoms with van der Waals surface area (Å²) in [6.45, 7) is 6.64. The summed E-state index contributed by atoms with van der Waals surface area (Å²) in [6.07, 6.45) is 2.38. The number of unbranched alkanes of at least 4 members (excludes halogenated alkanes) is 1. The molecule has 0 bridgehead atoms. The molecule has 5 nitrogen and oxygen atoms in total. The number of carbonyl (C=O) groups is 2. The van der Waals surface area contributed by atoms with Crippen LogP contribution in [-0.2, 0) is 16.1 Å². The summed E-state index contributed by atoms with van der Waals surface area (Å²) in [6, 6.07) is 12.1. The second kappa shape index (κ2) is 12.6. The fraction of sp³-hybridized carbons (Fsp3) is 0.417. The molecule has 1 atom stereocenters. The van der Waals surface area contributed by atoms with E-state index in [-0.39, 0.29) is 18.4 Å². The number of hydrogen-bond donors (Lipinski definition) is 1. The number of nitrogens with one attached hydrogen (secondary N) is 1. The SMILES string of the molecule is CCCCNC(=O)[C@@H](CC)N(Cc1ccccc1C)C(=O)COc1ccc(Cl)cc1Cl. The topological polar surface area (TPSA) is 58.6 Å². The summed E-state index contributed by atoms with van der Waals surface area (Å²) in [7, 11) is 0. The minimum atomic E-state index is -0.590. The average molecular weight is 465 g/mol. The van der Waals surface area contributed by atoms with Crippen molar-refractivity contribution in [1.29, 1.82) is 0 Å². The lowest BCUT2D eigenvalue weighted by atomic mass is 10.1. The van der Waals surface area contributed by atoms with Crippen molar-refractivity contribution in [2.24, 2.45) is 0 Å². The molecule has 0 fully saturated rings. The van der Waals surface area contributed by atoms with Crippen LogP contribution in [0.5, 0.6) is 5.75 Å². The molecule has 7 heteroatoms. The lowest BCUT2D eigenvalue weighted by Gasteiger charge is -2.31. The third-order valence-corrected chi connectivity index (χ3v) is 5.59. The Morgan fingerprint density at radius 1 is 1.13 bits per heavy atom. The zero-order valence-electron chi connectivity index (χ0n) is 18.3. The first-order chi connectivity index (χ1) is 14.9. The van der Waals surface area contributed by atoms with Crippen molar-refractivity contribution in [3.8, 4) is 5.75 Å². The monoisotopic (exact) mass is 464 g/mol. The summed E-state index contributed by atoms with van der Waals surface area (Å²) in [5.41, 5.74) is 2.04. The van der Waals surface area contributed by atoms with Crippen molar-refractivity contribution in [1.82, 2.24) is 10.2 Å². The van der Waals surface area contributed by atoms with E-state index in [9.17, 15) is 9.59 Å². The Balaban J connectivity index is 2.21. The van der Waals surface area contributed by atoms with Crippen molar-refractivity contribution in [3.63, 3.8) is 0 Å². The molecule has 2 aromatic rings. The van der Waals surface area contributed by atoms with E-state index in [1.165, 1.54) is 0 Å². The zero-order chi connectivity index (χ0) is 22.8. The van der Waals surface area contributed by atoms with E-state index in [1.807, 2.05) is 38.1 Å². The van der Waals surface area contributed by atoms with Crippen LogP contribution in [0.25, 0.3) is 0 Å². The summed E-state index contributed by atoms with van der Waals surface area (Å²) in [5.74, 6) is -0.0649. The zero-order valence-corrected chi connectivity index (χ0v) is 19.8. The number of hydrogen-bond acceptors (Lipinski definition) is 3. The van der Waals surface area contributed by atoms with Gasteiger partial charge in [-0.05, 0) is 49.1 Å². The molecule has 0 saturated heterocycles. The van der Waals surface area contributed by atoms with Crippen LogP contribution >= 0.6 is 23.2 Å². The molecule has 0 radical (unpaired) electrons. The Morgan fingerprint density at radius 2 is 1.87 bits per heavy atom. The van der Waals surface area contributed by atoms with Crippen molar-refractivity contribution < 1.29 is 14.3 Å². The molecule has 0 unspecified atom stereocenters. The highest BCUT2D eigenvalue weighted by atomic mass is 35.5. The summed E-state index contributed by atoms with van der Waals surface area (Å²) in [5, 5.41) is 3.76. The predicted molar refractivity (Wildman–Crippen MR) is 126 cm³/mol. The summed E-state index contributed by atoms with van der Waals surface area (Å²) >= 11 is 12.1. The summed E-state index contributed by atoms with van der Waals surface area (Å²) in [4.78, 5) is 27.6. The van der Waals surface area contributed by atoms with Crippen molar-refractivity contribution >= 4 is 35.0 Å². The largest absolute Gasteiger partial charge is 0.482 e. The summed E-state index contributed by atoms with van der Waals surface area (Å²) < 4.78 is 5.66. The Labute approximate surface area is 194 Å². The fourth-order valence-electron chi connectivity index (χ4n) is 3.21. The number of benzene rings is 2. The molecule has 0 spiro atoms. The van der Waals surface area contributed by atoms with Crippen LogP contribution in [0.15, 0.2) is 42.5 Å². The molecule has 0 heterocycles. The highest BCUT2D eigenvalue weighted by molar-refractivity contribution is 6.35. The Kier molecular flexibility index (Phi) is 10.2. The number of halogens is 2. The van der Waals surface area contributed by atoms with Gasteiger partial charge in [-0.25, -0.2) is 0 Å². The third-order valence-electron chi connectivity index (χ3n) is 5.06. The molecule has 2 rings (SSSR count). The van der Waals surface area contributed by atoms with Crippen LogP contribution < -0.4 is 10.1 Å². The van der Waals surface area contributed by atoms with Gasteiger partial charge in [-0.3, -0.25) is 9.59 Å². The number of aryl methyl sites for hydroxylation is 1. The van der Waals surface area contributed by atoms with Gasteiger partial charge in [0.15, 0.2) is 6.61 Å². The molecule has 31 heavy (non-hydrogen) atoms. The molecule has 168 valence electrons. The molecule has 0 aliphatic heterocycles. The van der Waals surface area contributed by atoms with Gasteiger partial charge in [-0.15, -0.1) is 0 Å². The highest BCUT2D eigenvalue weighted by Gasteiger charge is 2.29. The van der Waals surface area contributed by atoms with Gasteiger partial charge in [0.25, 0.3) is 5.91 Å². The highest BCUT2D eigenvalue weighted by Crippen LogP contribution is 2.27. The van der Waals surface area contributed by atoms with Gasteiger partial charge in [0.2, 0.25) is 5.91 Å². The number of nitrogens with zero attached hydrogens (tertiary/aromatic N) is 1. The van der Waals surface area contributed by atoms with Crippen molar-refractivity contribution in [3.05, 3.63) is 63.6 Å². The van der Waals surface area contributed by atoms with Crippen LogP contribution in [0, 0.1) is 6.92 Å². The first kappa shape index (κ1) is 25.0. The number of ether oxygens (including phenoxy) is 1. The van der Waals surface area contributed by atoms with Crippen molar-refractivity contribution in [2.75, 3.05) is 13.2 Å². The smallest absolute Gasteiger partial charge is 0.261 e. The second-order valence-electron chi connectivity index (χ2n) is 7.38. The van der Waals surface area contributed by atoms with Gasteiger partial charge < -0.3 is 15.0 Å². The van der Waals surface area contributed by atoms with Gasteiger partial charge in [0.05, 0.1) is 5.02 Å². The van der Waals surface area contributed by atoms with Crippen LogP contribution in [0.3, 0.4) is 0 Å². The van der Waals surface area contributed by atoms with E-state index in [4.69, 9.17) is 27.9 Å². The minimum absolute atomic E-state index is 0.151. The van der Waals surface area contributed by atoms with Gasteiger partial charge in [-0.1, -0.05) is 67.7 Å². The Hall–Kier alpha value is -2.24. The predicted octanol–water partition coefficient (Wildman–Crippen LogP) is 5.40. The standard InChI is InChI=1S/C24H30Cl2N2O3/c1-4-6-13-27-24(30)21(5-2)28(15-18-10-8-7-9-17(18)3)23(29)16-31-22-12-11-19(25)14-20(22)26/h7-12,14,21H,4-6,13,15-16H2,1-3H3,(H,27,30)/t21-/m1/s1. The van der Waals surface area contributed by atoms with Gasteiger partial charge >= 0.3 is 0 Å². The number of carbonyl (C=O) groups excluding carboxylic acids is 2. The quantitative estimate of drug-likeness (QED) is 0.452. The number of amides is 2. The maximum atomic E-state index is 13.2.